The van der Waals surface area contributed by atoms with E-state index in [2.05, 4.69) is 26.0 Å². The molecular weight excluding hydrogens is 320 g/mol. The lowest BCUT2D eigenvalue weighted by molar-refractivity contribution is -0.386. The second-order valence-corrected chi connectivity index (χ2v) is 4.41. The molecule has 2 aromatic rings. The maximum Gasteiger partial charge on any atom is 0.365 e. The van der Waals surface area contributed by atoms with E-state index in [-0.39, 0.29) is 11.6 Å². The summed E-state index contributed by atoms with van der Waals surface area (Å²) in [5, 5.41) is 14.7. The lowest BCUT2D eigenvalue weighted by Crippen LogP contribution is -2.12. The number of rotatable bonds is 3. The largest absolute Gasteiger partial charge is 0.396 e. The first-order valence-corrected chi connectivity index (χ1v) is 5.78. The van der Waals surface area contributed by atoms with Crippen LogP contribution < -0.4 is 4.74 Å². The van der Waals surface area contributed by atoms with E-state index in [1.807, 2.05) is 0 Å². The molecule has 0 radical (unpaired) electrons. The van der Waals surface area contributed by atoms with E-state index in [9.17, 15) is 14.9 Å². The number of hydrogen-bond donors (Lipinski definition) is 0. The molecule has 0 amide bonds. The van der Waals surface area contributed by atoms with Crippen LogP contribution in [0, 0.1) is 10.1 Å². The summed E-state index contributed by atoms with van der Waals surface area (Å²) in [4.78, 5) is 25.6. The Bertz CT molecular complexity index is 655. The fourth-order valence-electron chi connectivity index (χ4n) is 1.29. The molecule has 0 fully saturated rings. The van der Waals surface area contributed by atoms with Gasteiger partial charge in [0, 0.05) is 30.0 Å². The Morgan fingerprint density at radius 1 is 1.58 bits per heavy atom. The van der Waals surface area contributed by atoms with Crippen molar-refractivity contribution in [2.75, 3.05) is 0 Å². The molecule has 2 heterocycles. The van der Waals surface area contributed by atoms with Crippen molar-refractivity contribution in [3.8, 4) is 5.88 Å². The zero-order chi connectivity index (χ0) is 14.0. The smallest absolute Gasteiger partial charge is 0.365 e. The zero-order valence-corrected chi connectivity index (χ0v) is 11.2. The molecule has 0 spiro atoms. The Morgan fingerprint density at radius 3 is 2.89 bits per heavy atom. The first kappa shape index (κ1) is 13.1. The van der Waals surface area contributed by atoms with Gasteiger partial charge in [-0.2, -0.15) is 5.10 Å². The summed E-state index contributed by atoms with van der Waals surface area (Å²) in [5.41, 5.74) is -0.361. The van der Waals surface area contributed by atoms with Crippen molar-refractivity contribution in [1.29, 1.82) is 0 Å². The van der Waals surface area contributed by atoms with Gasteiger partial charge in [-0.05, 0) is 22.0 Å². The van der Waals surface area contributed by atoms with Gasteiger partial charge in [0.2, 0.25) is 0 Å². The average Bonchev–Trinajstić information content (AvgIpc) is 2.78. The average molecular weight is 327 g/mol. The lowest BCUT2D eigenvalue weighted by atomic mass is 10.4. The van der Waals surface area contributed by atoms with Crippen molar-refractivity contribution < 1.29 is 14.5 Å². The van der Waals surface area contributed by atoms with Crippen LogP contribution in [0.1, 0.15) is 10.5 Å². The molecule has 98 valence electrons. The van der Waals surface area contributed by atoms with Gasteiger partial charge < -0.3 is 4.74 Å². The van der Waals surface area contributed by atoms with E-state index in [4.69, 9.17) is 4.74 Å². The predicted molar refractivity (Wildman–Crippen MR) is 66.8 cm³/mol. The highest BCUT2D eigenvalue weighted by Crippen LogP contribution is 2.27. The molecule has 19 heavy (non-hydrogen) atoms. The van der Waals surface area contributed by atoms with Crippen molar-refractivity contribution in [2.45, 2.75) is 0 Å². The van der Waals surface area contributed by atoms with E-state index in [0.717, 1.165) is 0 Å². The molecule has 0 atom stereocenters. The lowest BCUT2D eigenvalue weighted by Gasteiger charge is -2.02. The van der Waals surface area contributed by atoms with Gasteiger partial charge in [0.25, 0.3) is 0 Å². The third kappa shape index (κ3) is 2.94. The van der Waals surface area contributed by atoms with Crippen LogP contribution in [0.4, 0.5) is 5.69 Å². The number of aryl methyl sites for hydroxylation is 1. The van der Waals surface area contributed by atoms with Gasteiger partial charge in [-0.1, -0.05) is 0 Å². The summed E-state index contributed by atoms with van der Waals surface area (Å²) < 4.78 is 6.70. The molecule has 0 aromatic carbocycles. The number of esters is 1. The molecule has 8 nitrogen and oxygen atoms in total. The minimum atomic E-state index is -0.807. The Kier molecular flexibility index (Phi) is 3.56. The molecule has 2 rings (SSSR count). The Hall–Kier alpha value is -2.29. The molecule has 0 bridgehead atoms. The second kappa shape index (κ2) is 5.14. The van der Waals surface area contributed by atoms with Crippen LogP contribution >= 0.6 is 15.9 Å². The normalized spacial score (nSPS) is 10.2. The minimum Gasteiger partial charge on any atom is -0.396 e. The first-order chi connectivity index (χ1) is 8.97. The molecular formula is C10H7BrN4O4. The Balaban J connectivity index is 2.28. The van der Waals surface area contributed by atoms with E-state index < -0.39 is 16.6 Å². The molecule has 0 unspecified atom stereocenters. The summed E-state index contributed by atoms with van der Waals surface area (Å²) in [7, 11) is 1.64. The fraction of sp³-hybridized carbons (Fsp3) is 0.100. The maximum absolute atomic E-state index is 11.7. The SMILES string of the molecule is Cn1ccc(C(=O)Oc2ncc(Br)cc2[N+](=O)[O-])n1. The minimum absolute atomic E-state index is 0.0431. The van der Waals surface area contributed by atoms with Crippen LogP contribution in [0.2, 0.25) is 0 Å². The standard InChI is InChI=1S/C10H7BrN4O4/c1-14-3-2-7(13-14)10(16)19-9-8(15(17)18)4-6(11)5-12-9/h2-5H,1H3. The van der Waals surface area contributed by atoms with Crippen molar-refractivity contribution in [3.05, 3.63) is 44.8 Å². The van der Waals surface area contributed by atoms with Gasteiger partial charge in [0.15, 0.2) is 5.69 Å². The van der Waals surface area contributed by atoms with Crippen molar-refractivity contribution in [1.82, 2.24) is 14.8 Å². The van der Waals surface area contributed by atoms with Crippen LogP contribution in [0.3, 0.4) is 0 Å². The number of ether oxygens (including phenoxy) is 1. The van der Waals surface area contributed by atoms with E-state index >= 15 is 0 Å². The number of nitro groups is 1. The monoisotopic (exact) mass is 326 g/mol. The predicted octanol–water partition coefficient (Wildman–Crippen LogP) is 1.71. The number of hydrogen-bond acceptors (Lipinski definition) is 6. The van der Waals surface area contributed by atoms with Crippen LogP contribution in [-0.4, -0.2) is 25.7 Å². The third-order valence-electron chi connectivity index (χ3n) is 2.11. The molecule has 2 aromatic heterocycles. The topological polar surface area (TPSA) is 100 Å². The van der Waals surface area contributed by atoms with Crippen LogP contribution in [0.5, 0.6) is 5.88 Å². The van der Waals surface area contributed by atoms with E-state index in [0.29, 0.717) is 4.47 Å². The second-order valence-electron chi connectivity index (χ2n) is 3.50. The molecule has 0 saturated carbocycles. The highest BCUT2D eigenvalue weighted by Gasteiger charge is 2.22. The summed E-state index contributed by atoms with van der Waals surface area (Å²) >= 11 is 3.06. The van der Waals surface area contributed by atoms with Gasteiger partial charge >= 0.3 is 17.5 Å². The molecule has 0 aliphatic rings. The van der Waals surface area contributed by atoms with E-state index in [1.165, 1.54) is 23.0 Å². The van der Waals surface area contributed by atoms with Gasteiger partial charge in [-0.15, -0.1) is 0 Å². The molecule has 0 aliphatic carbocycles. The number of carbonyl (C=O) groups excluding carboxylic acids is 1. The third-order valence-corrected chi connectivity index (χ3v) is 2.54. The van der Waals surface area contributed by atoms with Crippen LogP contribution in [0.15, 0.2) is 29.0 Å². The number of aromatic nitrogens is 3. The number of halogens is 1. The van der Waals surface area contributed by atoms with Crippen molar-refractivity contribution in [3.63, 3.8) is 0 Å². The Labute approximate surface area is 115 Å². The quantitative estimate of drug-likeness (QED) is 0.483. The van der Waals surface area contributed by atoms with Gasteiger partial charge in [-0.25, -0.2) is 9.78 Å². The summed E-state index contributed by atoms with van der Waals surface area (Å²) in [6.07, 6.45) is 2.86. The van der Waals surface area contributed by atoms with Gasteiger partial charge in [0.1, 0.15) is 0 Å². The Morgan fingerprint density at radius 2 is 2.32 bits per heavy atom. The molecule has 9 heteroatoms. The summed E-state index contributed by atoms with van der Waals surface area (Å²) in [6.45, 7) is 0. The number of nitrogens with zero attached hydrogens (tertiary/aromatic N) is 4. The molecule has 0 saturated heterocycles. The number of carbonyl (C=O) groups is 1. The number of pyridine rings is 1. The molecule has 0 N–H and O–H groups in total. The van der Waals surface area contributed by atoms with Crippen molar-refractivity contribution in [2.24, 2.45) is 7.05 Å². The van der Waals surface area contributed by atoms with Gasteiger partial charge in [0.05, 0.1) is 4.92 Å². The highest BCUT2D eigenvalue weighted by atomic mass is 79.9. The summed E-state index contributed by atoms with van der Waals surface area (Å²) in [5.74, 6) is -1.18. The van der Waals surface area contributed by atoms with Crippen LogP contribution in [0.25, 0.3) is 0 Å². The van der Waals surface area contributed by atoms with E-state index in [1.54, 1.807) is 13.2 Å². The van der Waals surface area contributed by atoms with Crippen LogP contribution in [-0.2, 0) is 7.05 Å². The van der Waals surface area contributed by atoms with Crippen molar-refractivity contribution >= 4 is 27.6 Å². The molecule has 0 aliphatic heterocycles. The fourth-order valence-corrected chi connectivity index (χ4v) is 1.61. The first-order valence-electron chi connectivity index (χ1n) is 4.99. The highest BCUT2D eigenvalue weighted by molar-refractivity contribution is 9.10. The summed E-state index contributed by atoms with van der Waals surface area (Å²) in [6, 6.07) is 2.64. The zero-order valence-electron chi connectivity index (χ0n) is 9.61. The van der Waals surface area contributed by atoms with Gasteiger partial charge in [-0.3, -0.25) is 14.8 Å². The maximum atomic E-state index is 11.7.